The number of carbonyl (C=O) groups excluding carboxylic acids is 2. The molecule has 0 radical (unpaired) electrons. The number of hydrogen-bond acceptors (Lipinski definition) is 7. The molecule has 3 rings (SSSR count). The number of halogens is 1. The summed E-state index contributed by atoms with van der Waals surface area (Å²) < 4.78 is 22.3. The van der Waals surface area contributed by atoms with Gasteiger partial charge < -0.3 is 18.9 Å². The second kappa shape index (κ2) is 13.9. The molecule has 1 amide bonds. The molecule has 0 bridgehead atoms. The number of ether oxygens (including phenoxy) is 4. The summed E-state index contributed by atoms with van der Waals surface area (Å²) in [5.74, 6) is 0.846. The van der Waals surface area contributed by atoms with Gasteiger partial charge >= 0.3 is 5.97 Å². The number of hydrazone groups is 1. The van der Waals surface area contributed by atoms with Crippen molar-refractivity contribution >= 4 is 29.7 Å². The zero-order chi connectivity index (χ0) is 26.6. The van der Waals surface area contributed by atoms with Gasteiger partial charge in [0.15, 0.2) is 17.6 Å². The summed E-state index contributed by atoms with van der Waals surface area (Å²) >= 11 is 5.94. The lowest BCUT2D eigenvalue weighted by atomic mass is 10.2. The highest BCUT2D eigenvalue weighted by molar-refractivity contribution is 6.30. The van der Waals surface area contributed by atoms with E-state index in [0.717, 1.165) is 6.42 Å². The van der Waals surface area contributed by atoms with Gasteiger partial charge in [0.2, 0.25) is 0 Å². The molecule has 0 aliphatic rings. The molecule has 0 aliphatic carbocycles. The molecule has 0 heterocycles. The van der Waals surface area contributed by atoms with Crippen molar-refractivity contribution in [3.63, 3.8) is 0 Å². The van der Waals surface area contributed by atoms with Crippen molar-refractivity contribution in [3.8, 4) is 23.0 Å². The Hall–Kier alpha value is -4.04. The van der Waals surface area contributed by atoms with Gasteiger partial charge in [0.05, 0.1) is 25.0 Å². The Morgan fingerprint density at radius 3 is 2.46 bits per heavy atom. The molecule has 0 spiro atoms. The van der Waals surface area contributed by atoms with Gasteiger partial charge in [-0.15, -0.1) is 0 Å². The Kier molecular flexibility index (Phi) is 10.3. The summed E-state index contributed by atoms with van der Waals surface area (Å²) in [6.45, 7) is 6.42. The highest BCUT2D eigenvalue weighted by atomic mass is 35.5. The van der Waals surface area contributed by atoms with E-state index < -0.39 is 18.0 Å². The fourth-order valence-electron chi connectivity index (χ4n) is 3.08. The molecular weight excluding hydrogens is 496 g/mol. The van der Waals surface area contributed by atoms with Crippen LogP contribution in [0, 0.1) is 0 Å². The summed E-state index contributed by atoms with van der Waals surface area (Å²) in [6, 6.07) is 18.5. The fraction of sp³-hybridized carbons (Fsp3) is 0.250. The molecule has 0 saturated heterocycles. The average Bonchev–Trinajstić information content (AvgIpc) is 2.89. The van der Waals surface area contributed by atoms with Gasteiger partial charge in [-0.1, -0.05) is 24.6 Å². The van der Waals surface area contributed by atoms with Crippen molar-refractivity contribution in [3.05, 3.63) is 82.9 Å². The zero-order valence-corrected chi connectivity index (χ0v) is 21.7. The van der Waals surface area contributed by atoms with E-state index in [0.29, 0.717) is 46.6 Å². The number of hydrogen-bond donors (Lipinski definition) is 1. The van der Waals surface area contributed by atoms with Crippen LogP contribution < -0.4 is 24.4 Å². The van der Waals surface area contributed by atoms with E-state index >= 15 is 0 Å². The number of rotatable bonds is 12. The second-order valence-corrected chi connectivity index (χ2v) is 8.29. The first-order valence-electron chi connectivity index (χ1n) is 11.9. The van der Waals surface area contributed by atoms with E-state index in [4.69, 9.17) is 30.5 Å². The lowest BCUT2D eigenvalue weighted by Crippen LogP contribution is -2.33. The average molecular weight is 525 g/mol. The van der Waals surface area contributed by atoms with Crippen molar-refractivity contribution in [2.45, 2.75) is 33.3 Å². The van der Waals surface area contributed by atoms with Gasteiger partial charge in [-0.25, -0.2) is 10.2 Å². The van der Waals surface area contributed by atoms with Crippen LogP contribution in [0.4, 0.5) is 0 Å². The molecule has 194 valence electrons. The molecule has 1 atom stereocenters. The van der Waals surface area contributed by atoms with Gasteiger partial charge in [-0.3, -0.25) is 4.79 Å². The van der Waals surface area contributed by atoms with Crippen LogP contribution >= 0.6 is 11.6 Å². The van der Waals surface area contributed by atoms with Crippen LogP contribution in [-0.2, 0) is 4.79 Å². The number of carbonyl (C=O) groups is 2. The summed E-state index contributed by atoms with van der Waals surface area (Å²) in [5.41, 5.74) is 3.45. The number of nitrogens with zero attached hydrogens (tertiary/aromatic N) is 1. The maximum absolute atomic E-state index is 12.6. The van der Waals surface area contributed by atoms with Gasteiger partial charge in [0, 0.05) is 5.02 Å². The number of amides is 1. The third kappa shape index (κ3) is 8.54. The molecule has 0 aliphatic heterocycles. The van der Waals surface area contributed by atoms with Crippen LogP contribution in [0.2, 0.25) is 5.02 Å². The van der Waals surface area contributed by atoms with Gasteiger partial charge in [-0.05, 0) is 86.5 Å². The smallest absolute Gasteiger partial charge is 0.343 e. The van der Waals surface area contributed by atoms with Crippen LogP contribution in [0.15, 0.2) is 71.8 Å². The van der Waals surface area contributed by atoms with E-state index in [1.54, 1.807) is 73.7 Å². The molecule has 0 saturated carbocycles. The monoisotopic (exact) mass is 524 g/mol. The van der Waals surface area contributed by atoms with Crippen molar-refractivity contribution < 1.29 is 28.5 Å². The molecule has 37 heavy (non-hydrogen) atoms. The maximum Gasteiger partial charge on any atom is 0.343 e. The van der Waals surface area contributed by atoms with Crippen molar-refractivity contribution in [2.24, 2.45) is 5.10 Å². The molecule has 0 fully saturated rings. The van der Waals surface area contributed by atoms with Gasteiger partial charge in [-0.2, -0.15) is 5.10 Å². The minimum absolute atomic E-state index is 0.267. The van der Waals surface area contributed by atoms with Crippen LogP contribution in [-0.4, -0.2) is 37.4 Å². The molecule has 0 aromatic heterocycles. The molecule has 8 nitrogen and oxygen atoms in total. The predicted octanol–water partition coefficient (Wildman–Crippen LogP) is 5.66. The van der Waals surface area contributed by atoms with Gasteiger partial charge in [0.25, 0.3) is 5.91 Å². The van der Waals surface area contributed by atoms with Crippen molar-refractivity contribution in [1.82, 2.24) is 5.43 Å². The largest absolute Gasteiger partial charge is 0.494 e. The van der Waals surface area contributed by atoms with E-state index in [-0.39, 0.29) is 5.75 Å². The zero-order valence-electron chi connectivity index (χ0n) is 20.9. The summed E-state index contributed by atoms with van der Waals surface area (Å²) in [4.78, 5) is 24.9. The van der Waals surface area contributed by atoms with E-state index in [2.05, 4.69) is 10.5 Å². The summed E-state index contributed by atoms with van der Waals surface area (Å²) in [6.07, 6.45) is 1.56. The molecular formula is C28H29ClN2O6. The molecule has 3 aromatic rings. The lowest BCUT2D eigenvalue weighted by Gasteiger charge is -2.13. The highest BCUT2D eigenvalue weighted by Crippen LogP contribution is 2.29. The van der Waals surface area contributed by atoms with Crippen LogP contribution in [0.1, 0.15) is 43.1 Å². The lowest BCUT2D eigenvalue weighted by molar-refractivity contribution is -0.127. The first-order valence-corrected chi connectivity index (χ1v) is 12.2. The number of esters is 1. The Bertz CT molecular complexity index is 1230. The number of benzene rings is 3. The quantitative estimate of drug-likeness (QED) is 0.142. The standard InChI is InChI=1S/C28H29ClN2O6/c1-4-15-35-23-12-10-21(11-13-23)28(33)37-25-14-9-20(16-26(25)34-5-2)18-30-31-27(32)19(3)36-24-8-6-7-22(29)17-24/h6-14,16-19H,4-5,15H2,1-3H3,(H,31,32)/b30-18-/t19-/m0/s1. The normalized spacial score (nSPS) is 11.6. The van der Waals surface area contributed by atoms with Crippen LogP contribution in [0.3, 0.4) is 0 Å². The molecule has 0 unspecified atom stereocenters. The molecule has 3 aromatic carbocycles. The second-order valence-electron chi connectivity index (χ2n) is 7.85. The Labute approximate surface area is 221 Å². The summed E-state index contributed by atoms with van der Waals surface area (Å²) in [5, 5.41) is 4.50. The topological polar surface area (TPSA) is 95.5 Å². The minimum Gasteiger partial charge on any atom is -0.494 e. The minimum atomic E-state index is -0.788. The summed E-state index contributed by atoms with van der Waals surface area (Å²) in [7, 11) is 0. The first kappa shape index (κ1) is 27.5. The van der Waals surface area contributed by atoms with E-state index in [1.165, 1.54) is 6.21 Å². The first-order chi connectivity index (χ1) is 17.9. The fourth-order valence-corrected chi connectivity index (χ4v) is 3.26. The Morgan fingerprint density at radius 1 is 0.973 bits per heavy atom. The van der Waals surface area contributed by atoms with Gasteiger partial charge in [0.1, 0.15) is 11.5 Å². The van der Waals surface area contributed by atoms with Crippen LogP contribution in [0.25, 0.3) is 0 Å². The van der Waals surface area contributed by atoms with Crippen LogP contribution in [0.5, 0.6) is 23.0 Å². The maximum atomic E-state index is 12.6. The molecule has 9 heteroatoms. The SMILES string of the molecule is CCCOc1ccc(C(=O)Oc2ccc(/C=N\NC(=O)[C@H](C)Oc3cccc(Cl)c3)cc2OCC)cc1. The third-order valence-corrected chi connectivity index (χ3v) is 5.13. The van der Waals surface area contributed by atoms with Crippen molar-refractivity contribution in [1.29, 1.82) is 0 Å². The highest BCUT2D eigenvalue weighted by Gasteiger charge is 2.15. The number of nitrogens with one attached hydrogen (secondary N) is 1. The Balaban J connectivity index is 1.61. The van der Waals surface area contributed by atoms with E-state index in [9.17, 15) is 9.59 Å². The van der Waals surface area contributed by atoms with Crippen molar-refractivity contribution in [2.75, 3.05) is 13.2 Å². The molecule has 1 N–H and O–H groups in total. The predicted molar refractivity (Wildman–Crippen MR) is 142 cm³/mol. The van der Waals surface area contributed by atoms with E-state index in [1.807, 2.05) is 13.8 Å². The Morgan fingerprint density at radius 2 is 1.76 bits per heavy atom. The third-order valence-electron chi connectivity index (χ3n) is 4.90.